The van der Waals surface area contributed by atoms with Crippen molar-refractivity contribution in [3.8, 4) is 0 Å². The van der Waals surface area contributed by atoms with Crippen LogP contribution in [0.25, 0.3) is 0 Å². The lowest BCUT2D eigenvalue weighted by Gasteiger charge is -2.31. The first kappa shape index (κ1) is 13.6. The number of hydrogen-bond acceptors (Lipinski definition) is 1. The fourth-order valence-corrected chi connectivity index (χ4v) is 3.06. The average molecular weight is 245 g/mol. The van der Waals surface area contributed by atoms with Crippen molar-refractivity contribution in [3.05, 3.63) is 34.9 Å². The second-order valence-electron chi connectivity index (χ2n) is 5.74. The molecule has 1 fully saturated rings. The molecular weight excluding hydrogens is 218 g/mol. The molecule has 1 heteroatoms. The van der Waals surface area contributed by atoms with Crippen molar-refractivity contribution in [1.82, 2.24) is 4.90 Å². The molecule has 1 aromatic rings. The topological polar surface area (TPSA) is 3.24 Å². The van der Waals surface area contributed by atoms with Crippen LogP contribution in [-0.4, -0.2) is 18.0 Å². The van der Waals surface area contributed by atoms with Crippen LogP contribution in [0.4, 0.5) is 0 Å². The molecule has 0 saturated carbocycles. The number of aryl methyl sites for hydroxylation is 2. The van der Waals surface area contributed by atoms with Gasteiger partial charge in [0.15, 0.2) is 0 Å². The molecule has 1 aliphatic heterocycles. The Bertz CT molecular complexity index is 375. The minimum absolute atomic E-state index is 0.977. The number of likely N-dealkylation sites (tertiary alicyclic amines) is 1. The molecule has 0 spiro atoms. The fraction of sp³-hybridized carbons (Fsp3) is 0.647. The van der Waals surface area contributed by atoms with E-state index >= 15 is 0 Å². The summed E-state index contributed by atoms with van der Waals surface area (Å²) < 4.78 is 0. The van der Waals surface area contributed by atoms with E-state index in [1.54, 1.807) is 0 Å². The van der Waals surface area contributed by atoms with Gasteiger partial charge in [0, 0.05) is 6.54 Å². The van der Waals surface area contributed by atoms with Gasteiger partial charge in [0.1, 0.15) is 0 Å². The van der Waals surface area contributed by atoms with Crippen LogP contribution in [0, 0.1) is 12.8 Å². The van der Waals surface area contributed by atoms with Crippen LogP contribution in [0.1, 0.15) is 49.8 Å². The van der Waals surface area contributed by atoms with Crippen molar-refractivity contribution >= 4 is 0 Å². The maximum atomic E-state index is 2.62. The maximum absolute atomic E-state index is 2.62. The minimum Gasteiger partial charge on any atom is -0.299 e. The molecule has 0 bridgehead atoms. The first-order valence-electron chi connectivity index (χ1n) is 7.53. The average Bonchev–Trinajstić information content (AvgIpc) is 2.40. The molecule has 0 amide bonds. The molecule has 0 N–H and O–H groups in total. The summed E-state index contributed by atoms with van der Waals surface area (Å²) in [6.45, 7) is 10.5. The summed E-state index contributed by atoms with van der Waals surface area (Å²) >= 11 is 0. The lowest BCUT2D eigenvalue weighted by atomic mass is 9.94. The number of hydrogen-bond donors (Lipinski definition) is 0. The molecule has 1 nitrogen and oxygen atoms in total. The van der Waals surface area contributed by atoms with Crippen molar-refractivity contribution in [3.63, 3.8) is 0 Å². The van der Waals surface area contributed by atoms with Crippen LogP contribution in [0.15, 0.2) is 18.2 Å². The Hall–Kier alpha value is -0.820. The lowest BCUT2D eigenvalue weighted by Crippen LogP contribution is -2.33. The maximum Gasteiger partial charge on any atom is 0.0233 e. The zero-order valence-electron chi connectivity index (χ0n) is 12.2. The summed E-state index contributed by atoms with van der Waals surface area (Å²) in [5.41, 5.74) is 4.43. The summed E-state index contributed by atoms with van der Waals surface area (Å²) in [6.07, 6.45) is 5.29. The zero-order valence-corrected chi connectivity index (χ0v) is 12.2. The van der Waals surface area contributed by atoms with Gasteiger partial charge < -0.3 is 0 Å². The highest BCUT2D eigenvalue weighted by atomic mass is 15.1. The van der Waals surface area contributed by atoms with Crippen molar-refractivity contribution in [2.24, 2.45) is 5.92 Å². The highest BCUT2D eigenvalue weighted by molar-refractivity contribution is 5.31. The summed E-state index contributed by atoms with van der Waals surface area (Å²) in [4.78, 5) is 2.62. The molecule has 1 aromatic carbocycles. The van der Waals surface area contributed by atoms with Crippen LogP contribution in [-0.2, 0) is 13.0 Å². The van der Waals surface area contributed by atoms with Crippen LogP contribution in [0.5, 0.6) is 0 Å². The Morgan fingerprint density at radius 1 is 1.17 bits per heavy atom. The van der Waals surface area contributed by atoms with Gasteiger partial charge in [-0.15, -0.1) is 0 Å². The summed E-state index contributed by atoms with van der Waals surface area (Å²) in [5, 5.41) is 0. The number of piperidine rings is 1. The molecule has 0 atom stereocenters. The molecule has 0 radical (unpaired) electrons. The van der Waals surface area contributed by atoms with Crippen molar-refractivity contribution in [1.29, 1.82) is 0 Å². The molecule has 1 saturated heterocycles. The van der Waals surface area contributed by atoms with E-state index in [0.717, 1.165) is 18.9 Å². The Labute approximate surface area is 112 Å². The van der Waals surface area contributed by atoms with Gasteiger partial charge >= 0.3 is 0 Å². The van der Waals surface area contributed by atoms with E-state index in [1.165, 1.54) is 49.0 Å². The first-order valence-corrected chi connectivity index (χ1v) is 7.53. The molecular formula is C17H27N. The second-order valence-corrected chi connectivity index (χ2v) is 5.74. The molecule has 0 aromatic heterocycles. The van der Waals surface area contributed by atoms with Gasteiger partial charge in [-0.25, -0.2) is 0 Å². The third-order valence-corrected chi connectivity index (χ3v) is 4.48. The monoisotopic (exact) mass is 245 g/mol. The molecule has 18 heavy (non-hydrogen) atoms. The normalized spacial score (nSPS) is 18.2. The van der Waals surface area contributed by atoms with E-state index in [9.17, 15) is 0 Å². The predicted molar refractivity (Wildman–Crippen MR) is 78.8 cm³/mol. The Kier molecular flexibility index (Phi) is 4.82. The first-order chi connectivity index (χ1) is 8.72. The Morgan fingerprint density at radius 2 is 1.89 bits per heavy atom. The SMILES string of the molecule is CCc1ccc(CN2CCC(CC)CC2)cc1C. The van der Waals surface area contributed by atoms with Gasteiger partial charge in [-0.05, 0) is 61.9 Å². The lowest BCUT2D eigenvalue weighted by molar-refractivity contribution is 0.175. The van der Waals surface area contributed by atoms with Crippen LogP contribution < -0.4 is 0 Å². The number of nitrogens with zero attached hydrogens (tertiary/aromatic N) is 1. The molecule has 1 aliphatic rings. The second kappa shape index (κ2) is 6.38. The molecule has 1 heterocycles. The molecule has 0 aliphatic carbocycles. The van der Waals surface area contributed by atoms with Crippen LogP contribution in [0.3, 0.4) is 0 Å². The van der Waals surface area contributed by atoms with Crippen molar-refractivity contribution in [2.45, 2.75) is 53.0 Å². The van der Waals surface area contributed by atoms with E-state index in [2.05, 4.69) is 43.9 Å². The smallest absolute Gasteiger partial charge is 0.0233 e. The van der Waals surface area contributed by atoms with Crippen LogP contribution in [0.2, 0.25) is 0 Å². The third kappa shape index (κ3) is 3.35. The molecule has 2 rings (SSSR count). The third-order valence-electron chi connectivity index (χ3n) is 4.48. The molecule has 100 valence electrons. The van der Waals surface area contributed by atoms with Gasteiger partial charge in [0.25, 0.3) is 0 Å². The minimum atomic E-state index is 0.977. The summed E-state index contributed by atoms with van der Waals surface area (Å²) in [7, 11) is 0. The quantitative estimate of drug-likeness (QED) is 0.769. The zero-order chi connectivity index (χ0) is 13.0. The Balaban J connectivity index is 1.92. The van der Waals surface area contributed by atoms with Crippen molar-refractivity contribution < 1.29 is 0 Å². The van der Waals surface area contributed by atoms with Gasteiger partial charge in [0.2, 0.25) is 0 Å². The highest BCUT2D eigenvalue weighted by Gasteiger charge is 2.17. The summed E-state index contributed by atoms with van der Waals surface area (Å²) in [6, 6.07) is 7.01. The van der Waals surface area contributed by atoms with Gasteiger partial charge in [-0.3, -0.25) is 4.90 Å². The highest BCUT2D eigenvalue weighted by Crippen LogP contribution is 2.22. The Morgan fingerprint density at radius 3 is 2.44 bits per heavy atom. The van der Waals surface area contributed by atoms with Crippen molar-refractivity contribution in [2.75, 3.05) is 13.1 Å². The fourth-order valence-electron chi connectivity index (χ4n) is 3.06. The van der Waals surface area contributed by atoms with E-state index < -0.39 is 0 Å². The van der Waals surface area contributed by atoms with Gasteiger partial charge in [-0.1, -0.05) is 38.5 Å². The molecule has 0 unspecified atom stereocenters. The van der Waals surface area contributed by atoms with Gasteiger partial charge in [0.05, 0.1) is 0 Å². The van der Waals surface area contributed by atoms with E-state index in [-0.39, 0.29) is 0 Å². The number of rotatable bonds is 4. The van der Waals surface area contributed by atoms with Gasteiger partial charge in [-0.2, -0.15) is 0 Å². The van der Waals surface area contributed by atoms with Crippen LogP contribution >= 0.6 is 0 Å². The standard InChI is InChI=1S/C17H27N/c1-4-15-8-10-18(11-9-15)13-16-6-7-17(5-2)14(3)12-16/h6-7,12,15H,4-5,8-11,13H2,1-3H3. The van der Waals surface area contributed by atoms with E-state index in [0.29, 0.717) is 0 Å². The largest absolute Gasteiger partial charge is 0.299 e. The van der Waals surface area contributed by atoms with E-state index in [4.69, 9.17) is 0 Å². The van der Waals surface area contributed by atoms with E-state index in [1.807, 2.05) is 0 Å². The summed E-state index contributed by atoms with van der Waals surface area (Å²) in [5.74, 6) is 0.977. The number of benzene rings is 1. The predicted octanol–water partition coefficient (Wildman–Crippen LogP) is 4.18.